The highest BCUT2D eigenvalue weighted by Gasteiger charge is 2.24. The van der Waals surface area contributed by atoms with Crippen LogP contribution in [-0.4, -0.2) is 36.6 Å². The Morgan fingerprint density at radius 2 is 2.24 bits per heavy atom. The number of hydrogen-bond acceptors (Lipinski definition) is 5. The number of rotatable bonds is 5. The lowest BCUT2D eigenvalue weighted by Crippen LogP contribution is -2.38. The van der Waals surface area contributed by atoms with Crippen LogP contribution in [0, 0.1) is 0 Å². The molecule has 2 heterocycles. The fourth-order valence-electron chi connectivity index (χ4n) is 2.76. The van der Waals surface area contributed by atoms with E-state index in [1.807, 2.05) is 25.1 Å². The van der Waals surface area contributed by atoms with E-state index in [-0.39, 0.29) is 11.9 Å². The van der Waals surface area contributed by atoms with E-state index >= 15 is 0 Å². The first-order valence-corrected chi connectivity index (χ1v) is 9.14. The molecular weight excluding hydrogens is 338 g/mol. The first-order chi connectivity index (χ1) is 12.1. The third kappa shape index (κ3) is 3.80. The summed E-state index contributed by atoms with van der Waals surface area (Å²) in [6.45, 7) is 3.62. The number of aromatic nitrogens is 1. The Bertz CT molecular complexity index is 789. The van der Waals surface area contributed by atoms with Crippen LogP contribution in [-0.2, 0) is 12.8 Å². The van der Waals surface area contributed by atoms with Crippen molar-refractivity contribution in [3.63, 3.8) is 0 Å². The minimum Gasteiger partial charge on any atom is -0.338 e. The summed E-state index contributed by atoms with van der Waals surface area (Å²) in [5.41, 5.74) is 8.48. The van der Waals surface area contributed by atoms with Crippen molar-refractivity contribution < 1.29 is 9.59 Å². The van der Waals surface area contributed by atoms with Crippen LogP contribution in [0.3, 0.4) is 0 Å². The highest BCUT2D eigenvalue weighted by molar-refractivity contribution is 7.09. The smallest absolute Gasteiger partial charge is 0.321 e. The minimum absolute atomic E-state index is 0.115. The van der Waals surface area contributed by atoms with Gasteiger partial charge in [0.1, 0.15) is 5.69 Å². The van der Waals surface area contributed by atoms with Crippen molar-refractivity contribution in [2.75, 3.05) is 29.9 Å². The van der Waals surface area contributed by atoms with Gasteiger partial charge in [0.05, 0.1) is 10.7 Å². The summed E-state index contributed by atoms with van der Waals surface area (Å²) in [5.74, 6) is -0.262. The van der Waals surface area contributed by atoms with E-state index < -0.39 is 0 Å². The maximum absolute atomic E-state index is 12.4. The molecule has 0 atom stereocenters. The molecule has 0 fully saturated rings. The molecule has 25 heavy (non-hydrogen) atoms. The molecule has 1 aliphatic rings. The van der Waals surface area contributed by atoms with Crippen molar-refractivity contribution >= 4 is 34.6 Å². The predicted molar refractivity (Wildman–Crippen MR) is 99.4 cm³/mol. The van der Waals surface area contributed by atoms with Gasteiger partial charge in [-0.1, -0.05) is 6.07 Å². The Kier molecular flexibility index (Phi) is 5.30. The number of benzene rings is 1. The summed E-state index contributed by atoms with van der Waals surface area (Å²) >= 11 is 1.43. The van der Waals surface area contributed by atoms with Crippen molar-refractivity contribution in [1.29, 1.82) is 0 Å². The predicted octanol–water partition coefficient (Wildman–Crippen LogP) is 1.99. The number of nitrogens with two attached hydrogens (primary N) is 1. The van der Waals surface area contributed by atoms with Crippen LogP contribution in [0.1, 0.15) is 28.0 Å². The largest absolute Gasteiger partial charge is 0.338 e. The quantitative estimate of drug-likeness (QED) is 0.760. The number of amides is 3. The molecule has 0 saturated carbocycles. The fraction of sp³-hybridized carbons (Fsp3) is 0.353. The maximum atomic E-state index is 12.4. The van der Waals surface area contributed by atoms with Gasteiger partial charge in [-0.2, -0.15) is 0 Å². The Balaban J connectivity index is 1.74. The average Bonchev–Trinajstić information content (AvgIpc) is 3.22. The van der Waals surface area contributed by atoms with Crippen LogP contribution >= 0.6 is 11.3 Å². The zero-order valence-corrected chi connectivity index (χ0v) is 14.9. The van der Waals surface area contributed by atoms with E-state index in [2.05, 4.69) is 15.6 Å². The van der Waals surface area contributed by atoms with Gasteiger partial charge in [-0.15, -0.1) is 11.3 Å². The first-order valence-electron chi connectivity index (χ1n) is 8.26. The number of nitrogens with zero attached hydrogens (tertiary/aromatic N) is 2. The standard InChI is InChI=1S/C17H21N5O2S/c1-2-19-17(24)22-8-6-11-3-4-12(9-14(11)22)20-16(23)13-10-25-15(21-13)5-7-18/h3-4,9-10H,2,5-8,18H2,1H3,(H,19,24)(H,20,23). The second kappa shape index (κ2) is 7.62. The molecule has 4 N–H and O–H groups in total. The number of anilines is 2. The zero-order chi connectivity index (χ0) is 17.8. The van der Waals surface area contributed by atoms with Gasteiger partial charge in [-0.3, -0.25) is 9.69 Å². The molecule has 8 heteroatoms. The van der Waals surface area contributed by atoms with Crippen LogP contribution < -0.4 is 21.3 Å². The minimum atomic E-state index is -0.262. The number of carbonyl (C=O) groups excluding carboxylic acids is 2. The SMILES string of the molecule is CCNC(=O)N1CCc2ccc(NC(=O)c3csc(CCN)n3)cc21. The normalized spacial score (nSPS) is 12.8. The van der Waals surface area contributed by atoms with Gasteiger partial charge in [-0.25, -0.2) is 9.78 Å². The van der Waals surface area contributed by atoms with E-state index in [0.29, 0.717) is 37.4 Å². The molecule has 132 valence electrons. The van der Waals surface area contributed by atoms with Gasteiger partial charge in [0.2, 0.25) is 0 Å². The molecule has 0 aliphatic carbocycles. The van der Waals surface area contributed by atoms with Crippen LogP contribution in [0.4, 0.5) is 16.2 Å². The van der Waals surface area contributed by atoms with E-state index in [1.165, 1.54) is 11.3 Å². The number of carbonyl (C=O) groups is 2. The van der Waals surface area contributed by atoms with Gasteiger partial charge >= 0.3 is 6.03 Å². The van der Waals surface area contributed by atoms with Gasteiger partial charge in [0.25, 0.3) is 5.91 Å². The Labute approximate surface area is 150 Å². The average molecular weight is 359 g/mol. The molecule has 1 aromatic heterocycles. The molecule has 0 spiro atoms. The summed E-state index contributed by atoms with van der Waals surface area (Å²) in [6, 6.07) is 5.52. The second-order valence-electron chi connectivity index (χ2n) is 5.70. The third-order valence-corrected chi connectivity index (χ3v) is 4.86. The molecule has 0 radical (unpaired) electrons. The van der Waals surface area contributed by atoms with Crippen molar-refractivity contribution in [1.82, 2.24) is 10.3 Å². The summed E-state index contributed by atoms with van der Waals surface area (Å²) < 4.78 is 0. The molecular formula is C17H21N5O2S. The Hall–Kier alpha value is -2.45. The summed E-state index contributed by atoms with van der Waals surface area (Å²) in [7, 11) is 0. The van der Waals surface area contributed by atoms with Crippen molar-refractivity contribution in [2.24, 2.45) is 5.73 Å². The van der Waals surface area contributed by atoms with Crippen LogP contribution in [0.25, 0.3) is 0 Å². The van der Waals surface area contributed by atoms with Crippen LogP contribution in [0.2, 0.25) is 0 Å². The Morgan fingerprint density at radius 1 is 1.40 bits per heavy atom. The molecule has 3 rings (SSSR count). The molecule has 2 aromatic rings. The molecule has 1 aliphatic heterocycles. The summed E-state index contributed by atoms with van der Waals surface area (Å²) in [5, 5.41) is 8.24. The maximum Gasteiger partial charge on any atom is 0.321 e. The van der Waals surface area contributed by atoms with Crippen molar-refractivity contribution in [3.05, 3.63) is 39.8 Å². The van der Waals surface area contributed by atoms with E-state index in [9.17, 15) is 9.59 Å². The van der Waals surface area contributed by atoms with E-state index in [0.717, 1.165) is 22.7 Å². The summed E-state index contributed by atoms with van der Waals surface area (Å²) in [4.78, 5) is 30.5. The first kappa shape index (κ1) is 17.4. The summed E-state index contributed by atoms with van der Waals surface area (Å²) in [6.07, 6.45) is 1.48. The van der Waals surface area contributed by atoms with Gasteiger partial charge in [0.15, 0.2) is 0 Å². The van der Waals surface area contributed by atoms with Gasteiger partial charge < -0.3 is 16.4 Å². The second-order valence-corrected chi connectivity index (χ2v) is 6.64. The third-order valence-electron chi connectivity index (χ3n) is 3.95. The molecule has 1 aromatic carbocycles. The molecule has 0 unspecified atom stereocenters. The lowest BCUT2D eigenvalue weighted by atomic mass is 10.1. The molecule has 0 bridgehead atoms. The fourth-order valence-corrected chi connectivity index (χ4v) is 3.56. The lowest BCUT2D eigenvalue weighted by molar-refractivity contribution is 0.102. The van der Waals surface area contributed by atoms with Gasteiger partial charge in [0, 0.05) is 30.6 Å². The van der Waals surface area contributed by atoms with Crippen LogP contribution in [0.5, 0.6) is 0 Å². The molecule has 0 saturated heterocycles. The van der Waals surface area contributed by atoms with Gasteiger partial charge in [-0.05, 0) is 37.6 Å². The van der Waals surface area contributed by atoms with Crippen molar-refractivity contribution in [3.8, 4) is 0 Å². The van der Waals surface area contributed by atoms with Crippen molar-refractivity contribution in [2.45, 2.75) is 19.8 Å². The number of nitrogens with one attached hydrogen (secondary N) is 2. The highest BCUT2D eigenvalue weighted by atomic mass is 32.1. The topological polar surface area (TPSA) is 100 Å². The monoisotopic (exact) mass is 359 g/mol. The van der Waals surface area contributed by atoms with E-state index in [4.69, 9.17) is 5.73 Å². The van der Waals surface area contributed by atoms with Crippen LogP contribution in [0.15, 0.2) is 23.6 Å². The highest BCUT2D eigenvalue weighted by Crippen LogP contribution is 2.31. The lowest BCUT2D eigenvalue weighted by Gasteiger charge is -2.18. The number of urea groups is 1. The molecule has 3 amide bonds. The zero-order valence-electron chi connectivity index (χ0n) is 14.0. The number of fused-ring (bicyclic) bond motifs is 1. The number of thiazole rings is 1. The molecule has 7 nitrogen and oxygen atoms in total. The van der Waals surface area contributed by atoms with E-state index in [1.54, 1.807) is 10.3 Å². The number of hydrogen-bond donors (Lipinski definition) is 3. The Morgan fingerprint density at radius 3 is 3.00 bits per heavy atom.